The number of nitrogens with one attached hydrogen (secondary N) is 1. The minimum atomic E-state index is -4.28. The highest BCUT2D eigenvalue weighted by Gasteiger charge is 2.36. The molecule has 1 aliphatic heterocycles. The number of carbonyl (C=O) groups is 1. The van der Waals surface area contributed by atoms with Gasteiger partial charge < -0.3 is 15.2 Å². The third-order valence-electron chi connectivity index (χ3n) is 5.10. The van der Waals surface area contributed by atoms with Crippen LogP contribution >= 0.6 is 0 Å². The summed E-state index contributed by atoms with van der Waals surface area (Å²) < 4.78 is 38.4. The summed E-state index contributed by atoms with van der Waals surface area (Å²) in [6, 6.07) is 9.58. The van der Waals surface area contributed by atoms with Crippen LogP contribution in [0.4, 0.5) is 19.0 Å². The second-order valence-electron chi connectivity index (χ2n) is 7.01. The van der Waals surface area contributed by atoms with Gasteiger partial charge in [-0.2, -0.15) is 13.2 Å². The molecule has 2 aromatic rings. The van der Waals surface area contributed by atoms with Crippen LogP contribution in [0, 0.1) is 5.41 Å². The average Bonchev–Trinajstić information content (AvgIpc) is 2.73. The van der Waals surface area contributed by atoms with E-state index >= 15 is 0 Å². The van der Waals surface area contributed by atoms with Gasteiger partial charge in [-0.15, -0.1) is 10.2 Å². The fraction of sp³-hybridized carbons (Fsp3) is 0.400. The maximum Gasteiger partial charge on any atom is 0.395 e. The first-order valence-corrected chi connectivity index (χ1v) is 9.30. The molecule has 1 amide bonds. The van der Waals surface area contributed by atoms with E-state index in [1.807, 2.05) is 4.90 Å². The van der Waals surface area contributed by atoms with Crippen molar-refractivity contribution < 1.29 is 18.0 Å². The number of hydrogen-bond donors (Lipinski definition) is 1. The second-order valence-corrected chi connectivity index (χ2v) is 7.01. The molecule has 1 saturated heterocycles. The van der Waals surface area contributed by atoms with Crippen molar-refractivity contribution in [1.82, 2.24) is 15.1 Å². The van der Waals surface area contributed by atoms with E-state index < -0.39 is 12.1 Å². The van der Waals surface area contributed by atoms with E-state index in [9.17, 15) is 18.0 Å². The molecule has 2 heterocycles. The van der Waals surface area contributed by atoms with E-state index in [0.717, 1.165) is 13.1 Å². The lowest BCUT2D eigenvalue weighted by molar-refractivity contribution is -0.146. The Balaban J connectivity index is 1.53. The van der Waals surface area contributed by atoms with Gasteiger partial charge in [-0.05, 0) is 30.2 Å². The van der Waals surface area contributed by atoms with Gasteiger partial charge in [0.15, 0.2) is 5.82 Å². The number of aromatic nitrogens is 2. The van der Waals surface area contributed by atoms with Crippen LogP contribution in [0.2, 0.25) is 0 Å². The highest BCUT2D eigenvalue weighted by Crippen LogP contribution is 2.34. The second kappa shape index (κ2) is 8.59. The van der Waals surface area contributed by atoms with E-state index in [-0.39, 0.29) is 17.9 Å². The maximum absolute atomic E-state index is 12.8. The summed E-state index contributed by atoms with van der Waals surface area (Å²) in [7, 11) is 0. The first kappa shape index (κ1) is 20.8. The zero-order chi connectivity index (χ0) is 21.0. The number of amides is 1. The van der Waals surface area contributed by atoms with Crippen molar-refractivity contribution in [2.75, 3.05) is 31.1 Å². The standard InChI is InChI=1S/C20H22F3N5O/c1-14(20(21,22)23)16-4-2-15(3-5-16)12-19(29)28-10-8-27(9-11-28)18-7-6-17(13-24)25-26-18/h2-7,13-14,24H,8-12H2,1H3. The van der Waals surface area contributed by atoms with Crippen LogP contribution in [0.25, 0.3) is 0 Å². The number of rotatable bonds is 5. The molecular formula is C20H22F3N5O. The number of halogens is 3. The van der Waals surface area contributed by atoms with E-state index in [2.05, 4.69) is 10.2 Å². The zero-order valence-electron chi connectivity index (χ0n) is 16.0. The normalized spacial score (nSPS) is 15.9. The number of alkyl halides is 3. The van der Waals surface area contributed by atoms with E-state index in [1.54, 1.807) is 29.2 Å². The Morgan fingerprint density at radius 3 is 2.28 bits per heavy atom. The minimum Gasteiger partial charge on any atom is -0.352 e. The van der Waals surface area contributed by atoms with Gasteiger partial charge in [-0.1, -0.05) is 24.3 Å². The molecule has 6 nitrogen and oxygen atoms in total. The Morgan fingerprint density at radius 2 is 1.76 bits per heavy atom. The van der Waals surface area contributed by atoms with Gasteiger partial charge in [-0.3, -0.25) is 4.79 Å². The molecule has 9 heteroatoms. The molecule has 3 rings (SSSR count). The van der Waals surface area contributed by atoms with Crippen molar-refractivity contribution in [3.05, 3.63) is 53.2 Å². The molecule has 1 aromatic carbocycles. The Kier molecular flexibility index (Phi) is 6.14. The topological polar surface area (TPSA) is 73.2 Å². The SMILES string of the molecule is CC(c1ccc(CC(=O)N2CCN(c3ccc(C=N)nn3)CC2)cc1)C(F)(F)F. The van der Waals surface area contributed by atoms with Crippen LogP contribution in [-0.2, 0) is 11.2 Å². The molecule has 1 fully saturated rings. The molecule has 1 aromatic heterocycles. The molecule has 0 spiro atoms. The lowest BCUT2D eigenvalue weighted by atomic mass is 9.98. The lowest BCUT2D eigenvalue weighted by Gasteiger charge is -2.35. The number of hydrogen-bond acceptors (Lipinski definition) is 5. The Labute approximate surface area is 166 Å². The quantitative estimate of drug-likeness (QED) is 0.776. The van der Waals surface area contributed by atoms with Crippen molar-refractivity contribution in [1.29, 1.82) is 5.41 Å². The molecule has 1 atom stereocenters. The van der Waals surface area contributed by atoms with Gasteiger partial charge in [-0.25, -0.2) is 0 Å². The molecular weight excluding hydrogens is 383 g/mol. The summed E-state index contributed by atoms with van der Waals surface area (Å²) in [5.74, 6) is -0.875. The molecule has 0 aliphatic carbocycles. The summed E-state index contributed by atoms with van der Waals surface area (Å²) in [5.41, 5.74) is 1.37. The molecule has 154 valence electrons. The smallest absolute Gasteiger partial charge is 0.352 e. The predicted molar refractivity (Wildman–Crippen MR) is 103 cm³/mol. The Hall–Kier alpha value is -2.97. The monoisotopic (exact) mass is 405 g/mol. The summed E-state index contributed by atoms with van der Waals surface area (Å²) in [6.07, 6.45) is -2.99. The first-order valence-electron chi connectivity index (χ1n) is 9.30. The molecule has 29 heavy (non-hydrogen) atoms. The number of anilines is 1. The molecule has 1 N–H and O–H groups in total. The fourth-order valence-corrected chi connectivity index (χ4v) is 3.17. The molecule has 0 saturated carbocycles. The lowest BCUT2D eigenvalue weighted by Crippen LogP contribution is -2.49. The fourth-order valence-electron chi connectivity index (χ4n) is 3.17. The van der Waals surface area contributed by atoms with Gasteiger partial charge in [0.1, 0.15) is 5.69 Å². The number of carbonyl (C=O) groups excluding carboxylic acids is 1. The van der Waals surface area contributed by atoms with Gasteiger partial charge in [0, 0.05) is 32.4 Å². The largest absolute Gasteiger partial charge is 0.395 e. The van der Waals surface area contributed by atoms with E-state index in [1.165, 1.54) is 12.1 Å². The predicted octanol–water partition coefficient (Wildman–Crippen LogP) is 3.03. The highest BCUT2D eigenvalue weighted by atomic mass is 19.4. The Bertz CT molecular complexity index is 844. The zero-order valence-corrected chi connectivity index (χ0v) is 16.0. The van der Waals surface area contributed by atoms with Crippen molar-refractivity contribution in [2.24, 2.45) is 0 Å². The van der Waals surface area contributed by atoms with E-state index in [4.69, 9.17) is 5.41 Å². The van der Waals surface area contributed by atoms with Crippen LogP contribution in [0.1, 0.15) is 29.7 Å². The third kappa shape index (κ3) is 5.10. The number of nitrogens with zero attached hydrogens (tertiary/aromatic N) is 4. The van der Waals surface area contributed by atoms with Crippen molar-refractivity contribution >= 4 is 17.9 Å². The van der Waals surface area contributed by atoms with Gasteiger partial charge >= 0.3 is 6.18 Å². The molecule has 1 aliphatic rings. The van der Waals surface area contributed by atoms with Crippen LogP contribution in [-0.4, -0.2) is 59.6 Å². The molecule has 0 bridgehead atoms. The number of piperazine rings is 1. The van der Waals surface area contributed by atoms with Crippen LogP contribution in [0.15, 0.2) is 36.4 Å². The average molecular weight is 405 g/mol. The van der Waals surface area contributed by atoms with Gasteiger partial charge in [0.05, 0.1) is 12.3 Å². The summed E-state index contributed by atoms with van der Waals surface area (Å²) >= 11 is 0. The minimum absolute atomic E-state index is 0.0495. The van der Waals surface area contributed by atoms with Crippen LogP contribution < -0.4 is 4.90 Å². The maximum atomic E-state index is 12.8. The van der Waals surface area contributed by atoms with Crippen LogP contribution in [0.5, 0.6) is 0 Å². The highest BCUT2D eigenvalue weighted by molar-refractivity contribution is 5.79. The van der Waals surface area contributed by atoms with Crippen molar-refractivity contribution in [3.8, 4) is 0 Å². The summed E-state index contributed by atoms with van der Waals surface area (Å²) in [5, 5.41) is 15.2. The third-order valence-corrected chi connectivity index (χ3v) is 5.10. The van der Waals surface area contributed by atoms with E-state index in [0.29, 0.717) is 43.3 Å². The van der Waals surface area contributed by atoms with Gasteiger partial charge in [0.25, 0.3) is 0 Å². The Morgan fingerprint density at radius 1 is 1.10 bits per heavy atom. The molecule has 1 unspecified atom stereocenters. The number of benzene rings is 1. The van der Waals surface area contributed by atoms with Crippen molar-refractivity contribution in [3.63, 3.8) is 0 Å². The van der Waals surface area contributed by atoms with Gasteiger partial charge in [0.2, 0.25) is 5.91 Å². The van der Waals surface area contributed by atoms with Crippen LogP contribution in [0.3, 0.4) is 0 Å². The molecule has 0 radical (unpaired) electrons. The summed E-state index contributed by atoms with van der Waals surface area (Å²) in [6.45, 7) is 3.44. The van der Waals surface area contributed by atoms with Crippen molar-refractivity contribution in [2.45, 2.75) is 25.4 Å². The summed E-state index contributed by atoms with van der Waals surface area (Å²) in [4.78, 5) is 16.3. The first-order chi connectivity index (χ1) is 13.8.